The number of carbonyl (C=O) groups excluding carboxylic acids is 1. The molecule has 2 nitrogen and oxygen atoms in total. The lowest BCUT2D eigenvalue weighted by Gasteiger charge is -2.19. The molecule has 0 radical (unpaired) electrons. The summed E-state index contributed by atoms with van der Waals surface area (Å²) in [7, 11) is 0. The van der Waals surface area contributed by atoms with Crippen LogP contribution in [-0.4, -0.2) is 5.97 Å². The van der Waals surface area contributed by atoms with E-state index in [0.717, 1.165) is 18.4 Å². The lowest BCUT2D eigenvalue weighted by atomic mass is 9.87. The maximum atomic E-state index is 12.0. The van der Waals surface area contributed by atoms with Gasteiger partial charge >= 0.3 is 5.97 Å². The molecule has 2 heteroatoms. The van der Waals surface area contributed by atoms with Crippen LogP contribution in [0.5, 0.6) is 0 Å². The Morgan fingerprint density at radius 3 is 1.52 bits per heavy atom. The lowest BCUT2D eigenvalue weighted by Crippen LogP contribution is -2.11. The van der Waals surface area contributed by atoms with Crippen molar-refractivity contribution in [2.75, 3.05) is 0 Å². The summed E-state index contributed by atoms with van der Waals surface area (Å²) in [6.07, 6.45) is 20.7. The lowest BCUT2D eigenvalue weighted by molar-refractivity contribution is -0.145. The quantitative estimate of drug-likeness (QED) is 0.171. The first-order valence-electron chi connectivity index (χ1n) is 13.2. The van der Waals surface area contributed by atoms with Gasteiger partial charge in [-0.2, -0.15) is 0 Å². The number of hydrogen-bond acceptors (Lipinski definition) is 2. The standard InChI is InChI=1S/C29H50O2/c1-5-6-7-8-9-10-11-12-13-14-15-16-17-18-19-20-28(30)31-25-26-21-23-27(24-22-26)29(2,3)4/h21-24H,5-20,25H2,1-4H3. The van der Waals surface area contributed by atoms with Crippen LogP contribution < -0.4 is 0 Å². The number of rotatable bonds is 18. The molecule has 1 aromatic carbocycles. The van der Waals surface area contributed by atoms with Gasteiger partial charge in [-0.05, 0) is 23.0 Å². The Morgan fingerprint density at radius 2 is 1.10 bits per heavy atom. The van der Waals surface area contributed by atoms with Crippen LogP contribution in [0.4, 0.5) is 0 Å². The van der Waals surface area contributed by atoms with E-state index in [1.165, 1.54) is 89.0 Å². The zero-order chi connectivity index (χ0) is 22.8. The van der Waals surface area contributed by atoms with Gasteiger partial charge in [-0.25, -0.2) is 0 Å². The van der Waals surface area contributed by atoms with Crippen molar-refractivity contribution in [1.29, 1.82) is 0 Å². The summed E-state index contributed by atoms with van der Waals surface area (Å²) in [6.45, 7) is 9.29. The average molecular weight is 431 g/mol. The van der Waals surface area contributed by atoms with Crippen molar-refractivity contribution in [1.82, 2.24) is 0 Å². The Kier molecular flexibility index (Phi) is 15.4. The van der Waals surface area contributed by atoms with Crippen molar-refractivity contribution in [2.24, 2.45) is 0 Å². The molecule has 0 aliphatic rings. The second-order valence-electron chi connectivity index (χ2n) is 10.3. The molecule has 0 aliphatic carbocycles. The SMILES string of the molecule is CCCCCCCCCCCCCCCCCC(=O)OCc1ccc(C(C)(C)C)cc1. The second-order valence-corrected chi connectivity index (χ2v) is 10.3. The van der Waals surface area contributed by atoms with Crippen molar-refractivity contribution in [2.45, 2.75) is 142 Å². The number of unbranched alkanes of at least 4 members (excludes halogenated alkanes) is 14. The van der Waals surface area contributed by atoms with Gasteiger partial charge in [-0.15, -0.1) is 0 Å². The van der Waals surface area contributed by atoms with Crippen molar-refractivity contribution in [3.05, 3.63) is 35.4 Å². The van der Waals surface area contributed by atoms with Crippen LogP contribution >= 0.6 is 0 Å². The third-order valence-electron chi connectivity index (χ3n) is 6.20. The van der Waals surface area contributed by atoms with Crippen LogP contribution in [-0.2, 0) is 21.6 Å². The topological polar surface area (TPSA) is 26.3 Å². The largest absolute Gasteiger partial charge is 0.461 e. The predicted octanol–water partition coefficient (Wildman–Crippen LogP) is 9.29. The molecule has 1 aromatic rings. The molecule has 0 saturated carbocycles. The van der Waals surface area contributed by atoms with E-state index in [0.29, 0.717) is 13.0 Å². The number of carbonyl (C=O) groups is 1. The molecule has 0 spiro atoms. The van der Waals surface area contributed by atoms with Gasteiger partial charge in [-0.3, -0.25) is 4.79 Å². The van der Waals surface area contributed by atoms with Gasteiger partial charge in [0.2, 0.25) is 0 Å². The van der Waals surface area contributed by atoms with Crippen LogP contribution in [0.2, 0.25) is 0 Å². The number of ether oxygens (including phenoxy) is 1. The molecule has 1 rings (SSSR count). The van der Waals surface area contributed by atoms with Gasteiger partial charge in [0.25, 0.3) is 0 Å². The van der Waals surface area contributed by atoms with Crippen LogP contribution in [0.3, 0.4) is 0 Å². The smallest absolute Gasteiger partial charge is 0.306 e. The van der Waals surface area contributed by atoms with Crippen molar-refractivity contribution < 1.29 is 9.53 Å². The molecule has 0 atom stereocenters. The minimum absolute atomic E-state index is 0.0606. The van der Waals surface area contributed by atoms with Gasteiger partial charge in [0.1, 0.15) is 6.61 Å². The molecule has 0 heterocycles. The van der Waals surface area contributed by atoms with Crippen LogP contribution in [0.15, 0.2) is 24.3 Å². The first kappa shape index (κ1) is 27.7. The van der Waals surface area contributed by atoms with Gasteiger partial charge in [-0.1, -0.05) is 142 Å². The highest BCUT2D eigenvalue weighted by molar-refractivity contribution is 5.69. The summed E-state index contributed by atoms with van der Waals surface area (Å²) in [6, 6.07) is 8.42. The number of hydrogen-bond donors (Lipinski definition) is 0. The van der Waals surface area contributed by atoms with E-state index in [1.807, 2.05) is 0 Å². The molecule has 0 unspecified atom stereocenters. The molecule has 0 saturated heterocycles. The van der Waals surface area contributed by atoms with E-state index in [2.05, 4.69) is 52.0 Å². The molecule has 31 heavy (non-hydrogen) atoms. The predicted molar refractivity (Wildman–Crippen MR) is 134 cm³/mol. The van der Waals surface area contributed by atoms with E-state index < -0.39 is 0 Å². The van der Waals surface area contributed by atoms with Gasteiger partial charge in [0, 0.05) is 6.42 Å². The maximum absolute atomic E-state index is 12.0. The molecule has 0 N–H and O–H groups in total. The normalized spacial score (nSPS) is 11.6. The van der Waals surface area contributed by atoms with Crippen molar-refractivity contribution in [3.8, 4) is 0 Å². The Hall–Kier alpha value is -1.31. The molecule has 0 aromatic heterocycles. The van der Waals surface area contributed by atoms with Crippen LogP contribution in [0.25, 0.3) is 0 Å². The maximum Gasteiger partial charge on any atom is 0.306 e. The number of benzene rings is 1. The Bertz CT molecular complexity index is 553. The van der Waals surface area contributed by atoms with Crippen molar-refractivity contribution in [3.63, 3.8) is 0 Å². The van der Waals surface area contributed by atoms with E-state index in [4.69, 9.17) is 4.74 Å². The van der Waals surface area contributed by atoms with Gasteiger partial charge in [0.15, 0.2) is 0 Å². The summed E-state index contributed by atoms with van der Waals surface area (Å²) in [5.74, 6) is -0.0606. The number of esters is 1. The molecular weight excluding hydrogens is 380 g/mol. The molecule has 0 aliphatic heterocycles. The average Bonchev–Trinajstić information content (AvgIpc) is 2.74. The summed E-state index contributed by atoms with van der Waals surface area (Å²) >= 11 is 0. The first-order chi connectivity index (χ1) is 14.9. The Labute approximate surface area is 193 Å². The zero-order valence-corrected chi connectivity index (χ0v) is 21.1. The highest BCUT2D eigenvalue weighted by atomic mass is 16.5. The Morgan fingerprint density at radius 1 is 0.677 bits per heavy atom. The summed E-state index contributed by atoms with van der Waals surface area (Å²) in [5.41, 5.74) is 2.53. The fourth-order valence-corrected chi connectivity index (χ4v) is 3.98. The summed E-state index contributed by atoms with van der Waals surface area (Å²) in [5, 5.41) is 0. The van der Waals surface area contributed by atoms with E-state index in [-0.39, 0.29) is 11.4 Å². The Balaban J connectivity index is 1.89. The fourth-order valence-electron chi connectivity index (χ4n) is 3.98. The molecule has 0 amide bonds. The highest BCUT2D eigenvalue weighted by Crippen LogP contribution is 2.22. The fraction of sp³-hybridized carbons (Fsp3) is 0.759. The highest BCUT2D eigenvalue weighted by Gasteiger charge is 2.13. The van der Waals surface area contributed by atoms with Crippen LogP contribution in [0, 0.1) is 0 Å². The van der Waals surface area contributed by atoms with Gasteiger partial charge in [0.05, 0.1) is 0 Å². The summed E-state index contributed by atoms with van der Waals surface area (Å²) in [4.78, 5) is 12.0. The third-order valence-corrected chi connectivity index (χ3v) is 6.20. The molecule has 0 fully saturated rings. The molecule has 0 bridgehead atoms. The third kappa shape index (κ3) is 15.2. The second kappa shape index (κ2) is 17.3. The molecule has 178 valence electrons. The summed E-state index contributed by atoms with van der Waals surface area (Å²) < 4.78 is 5.43. The van der Waals surface area contributed by atoms with E-state index >= 15 is 0 Å². The van der Waals surface area contributed by atoms with E-state index in [1.54, 1.807) is 0 Å². The van der Waals surface area contributed by atoms with Crippen molar-refractivity contribution >= 4 is 5.97 Å². The zero-order valence-electron chi connectivity index (χ0n) is 21.1. The monoisotopic (exact) mass is 430 g/mol. The van der Waals surface area contributed by atoms with Crippen LogP contribution in [0.1, 0.15) is 142 Å². The minimum atomic E-state index is -0.0606. The van der Waals surface area contributed by atoms with E-state index in [9.17, 15) is 4.79 Å². The molecular formula is C29H50O2. The van der Waals surface area contributed by atoms with Gasteiger partial charge < -0.3 is 4.74 Å². The first-order valence-corrected chi connectivity index (χ1v) is 13.2. The minimum Gasteiger partial charge on any atom is -0.461 e.